The molecule has 1 aromatic carbocycles. The molecular formula is C15H19NO3. The Hall–Kier alpha value is -1.39. The zero-order chi connectivity index (χ0) is 13.3. The van der Waals surface area contributed by atoms with Gasteiger partial charge in [-0.15, -0.1) is 0 Å². The van der Waals surface area contributed by atoms with Crippen molar-refractivity contribution in [2.75, 3.05) is 19.8 Å². The molecule has 2 aliphatic heterocycles. The average Bonchev–Trinajstić information content (AvgIpc) is 2.87. The third kappa shape index (κ3) is 2.38. The molecule has 2 heterocycles. The Morgan fingerprint density at radius 1 is 1.37 bits per heavy atom. The van der Waals surface area contributed by atoms with E-state index in [1.54, 1.807) is 0 Å². The highest BCUT2D eigenvalue weighted by molar-refractivity contribution is 5.89. The fourth-order valence-corrected chi connectivity index (χ4v) is 2.86. The Kier molecular flexibility index (Phi) is 3.29. The normalized spacial score (nSPS) is 29.6. The second kappa shape index (κ2) is 4.94. The van der Waals surface area contributed by atoms with Gasteiger partial charge in [-0.2, -0.15) is 0 Å². The van der Waals surface area contributed by atoms with Gasteiger partial charge >= 0.3 is 0 Å². The number of rotatable bonds is 3. The van der Waals surface area contributed by atoms with Crippen molar-refractivity contribution in [2.24, 2.45) is 5.73 Å². The van der Waals surface area contributed by atoms with Crippen molar-refractivity contribution in [1.82, 2.24) is 0 Å². The summed E-state index contributed by atoms with van der Waals surface area (Å²) in [4.78, 5) is 12.4. The molecule has 0 saturated carbocycles. The van der Waals surface area contributed by atoms with Gasteiger partial charge in [-0.05, 0) is 30.4 Å². The summed E-state index contributed by atoms with van der Waals surface area (Å²) in [5.41, 5.74) is 6.49. The summed E-state index contributed by atoms with van der Waals surface area (Å²) in [6, 6.07) is 7.95. The van der Waals surface area contributed by atoms with E-state index in [4.69, 9.17) is 15.2 Å². The van der Waals surface area contributed by atoms with Crippen molar-refractivity contribution in [3.05, 3.63) is 29.8 Å². The van der Waals surface area contributed by atoms with E-state index in [1.807, 2.05) is 24.3 Å². The third-order valence-electron chi connectivity index (χ3n) is 4.12. The number of Topliss-reactive ketones (excluding diaryl/α,β-unsaturated/α-hetero) is 1. The second-order valence-corrected chi connectivity index (χ2v) is 5.46. The number of nitrogens with two attached hydrogens (primary N) is 1. The van der Waals surface area contributed by atoms with Gasteiger partial charge in [0.2, 0.25) is 0 Å². The Morgan fingerprint density at radius 2 is 2.21 bits per heavy atom. The van der Waals surface area contributed by atoms with Gasteiger partial charge in [0.25, 0.3) is 0 Å². The first-order chi connectivity index (χ1) is 9.19. The second-order valence-electron chi connectivity index (χ2n) is 5.46. The lowest BCUT2D eigenvalue weighted by Gasteiger charge is -2.28. The average molecular weight is 261 g/mol. The number of carbonyl (C=O) groups is 1. The molecule has 0 spiro atoms. The van der Waals surface area contributed by atoms with E-state index in [-0.39, 0.29) is 11.7 Å². The van der Waals surface area contributed by atoms with E-state index in [0.29, 0.717) is 32.7 Å². The van der Waals surface area contributed by atoms with Gasteiger partial charge < -0.3 is 15.2 Å². The number of benzene rings is 1. The first-order valence-electron chi connectivity index (χ1n) is 6.81. The van der Waals surface area contributed by atoms with Crippen LogP contribution in [0.15, 0.2) is 24.3 Å². The number of para-hydroxylation sites is 1. The predicted octanol–water partition coefficient (Wildman–Crippen LogP) is 1.63. The highest BCUT2D eigenvalue weighted by atomic mass is 16.5. The molecular weight excluding hydrogens is 242 g/mol. The van der Waals surface area contributed by atoms with Crippen LogP contribution in [0.25, 0.3) is 0 Å². The van der Waals surface area contributed by atoms with E-state index >= 15 is 0 Å². The Labute approximate surface area is 112 Å². The van der Waals surface area contributed by atoms with Gasteiger partial charge in [0.05, 0.1) is 13.2 Å². The fourth-order valence-electron chi connectivity index (χ4n) is 2.86. The molecule has 4 nitrogen and oxygen atoms in total. The van der Waals surface area contributed by atoms with Crippen molar-refractivity contribution >= 4 is 5.78 Å². The Morgan fingerprint density at radius 3 is 3.00 bits per heavy atom. The summed E-state index contributed by atoms with van der Waals surface area (Å²) in [6.07, 6.45) is 2.00. The van der Waals surface area contributed by atoms with Gasteiger partial charge in [0.1, 0.15) is 11.3 Å². The molecule has 2 aliphatic rings. The van der Waals surface area contributed by atoms with Crippen LogP contribution in [-0.2, 0) is 9.53 Å². The molecule has 2 N–H and O–H groups in total. The highest BCUT2D eigenvalue weighted by Crippen LogP contribution is 2.36. The number of ether oxygens (including phenoxy) is 2. The van der Waals surface area contributed by atoms with Crippen LogP contribution in [-0.4, -0.2) is 31.1 Å². The highest BCUT2D eigenvalue weighted by Gasteiger charge is 2.39. The summed E-state index contributed by atoms with van der Waals surface area (Å²) in [5.74, 6) is 1.24. The van der Waals surface area contributed by atoms with Crippen molar-refractivity contribution in [1.29, 1.82) is 0 Å². The standard InChI is InChI=1S/C15H19NO3/c16-15(6-8-18-10-15)14(17)9-11-5-7-19-13-4-2-1-3-12(11)13/h1-4,11H,5-10,16H2. The quantitative estimate of drug-likeness (QED) is 0.898. The first-order valence-corrected chi connectivity index (χ1v) is 6.81. The number of hydrogen-bond donors (Lipinski definition) is 1. The minimum atomic E-state index is -0.771. The Bertz CT molecular complexity index is 480. The molecule has 0 amide bonds. The molecule has 1 aromatic rings. The molecule has 19 heavy (non-hydrogen) atoms. The predicted molar refractivity (Wildman–Crippen MR) is 71.3 cm³/mol. The van der Waals surface area contributed by atoms with Gasteiger partial charge in [-0.1, -0.05) is 18.2 Å². The Balaban J connectivity index is 1.76. The summed E-state index contributed by atoms with van der Waals surface area (Å²) < 4.78 is 10.9. The molecule has 0 bridgehead atoms. The molecule has 1 fully saturated rings. The summed E-state index contributed by atoms with van der Waals surface area (Å²) >= 11 is 0. The molecule has 2 atom stereocenters. The van der Waals surface area contributed by atoms with Crippen molar-refractivity contribution in [3.63, 3.8) is 0 Å². The third-order valence-corrected chi connectivity index (χ3v) is 4.12. The van der Waals surface area contributed by atoms with Crippen LogP contribution < -0.4 is 10.5 Å². The molecule has 102 valence electrons. The number of ketones is 1. The van der Waals surface area contributed by atoms with Gasteiger partial charge in [0, 0.05) is 13.0 Å². The molecule has 0 aromatic heterocycles. The number of hydrogen-bond acceptors (Lipinski definition) is 4. The van der Waals surface area contributed by atoms with Gasteiger partial charge in [-0.3, -0.25) is 4.79 Å². The minimum Gasteiger partial charge on any atom is -0.493 e. The summed E-state index contributed by atoms with van der Waals surface area (Å²) in [7, 11) is 0. The smallest absolute Gasteiger partial charge is 0.155 e. The maximum atomic E-state index is 12.4. The largest absolute Gasteiger partial charge is 0.493 e. The number of fused-ring (bicyclic) bond motifs is 1. The molecule has 4 heteroatoms. The first kappa shape index (κ1) is 12.6. The van der Waals surface area contributed by atoms with Crippen LogP contribution in [0.3, 0.4) is 0 Å². The lowest BCUT2D eigenvalue weighted by Crippen LogP contribution is -2.49. The van der Waals surface area contributed by atoms with E-state index in [1.165, 1.54) is 0 Å². The van der Waals surface area contributed by atoms with E-state index in [0.717, 1.165) is 17.7 Å². The van der Waals surface area contributed by atoms with E-state index in [9.17, 15) is 4.79 Å². The summed E-state index contributed by atoms with van der Waals surface area (Å²) in [6.45, 7) is 1.62. The summed E-state index contributed by atoms with van der Waals surface area (Å²) in [5, 5.41) is 0. The van der Waals surface area contributed by atoms with Crippen molar-refractivity contribution in [2.45, 2.75) is 30.7 Å². The minimum absolute atomic E-state index is 0.117. The van der Waals surface area contributed by atoms with Crippen LogP contribution in [0.4, 0.5) is 0 Å². The van der Waals surface area contributed by atoms with Crippen LogP contribution >= 0.6 is 0 Å². The lowest BCUT2D eigenvalue weighted by atomic mass is 9.82. The zero-order valence-corrected chi connectivity index (χ0v) is 10.9. The van der Waals surface area contributed by atoms with Crippen LogP contribution in [0, 0.1) is 0 Å². The monoisotopic (exact) mass is 261 g/mol. The SMILES string of the molecule is NC1(C(=O)CC2CCOc3ccccc32)CCOC1. The maximum Gasteiger partial charge on any atom is 0.155 e. The van der Waals surface area contributed by atoms with Crippen LogP contribution in [0.1, 0.15) is 30.7 Å². The number of carbonyl (C=O) groups excluding carboxylic acids is 1. The zero-order valence-electron chi connectivity index (χ0n) is 10.9. The van der Waals surface area contributed by atoms with Crippen molar-refractivity contribution in [3.8, 4) is 5.75 Å². The molecule has 2 unspecified atom stereocenters. The molecule has 3 rings (SSSR count). The molecule has 0 radical (unpaired) electrons. The topological polar surface area (TPSA) is 61.6 Å². The van der Waals surface area contributed by atoms with Crippen LogP contribution in [0.2, 0.25) is 0 Å². The van der Waals surface area contributed by atoms with Crippen LogP contribution in [0.5, 0.6) is 5.75 Å². The molecule has 0 aliphatic carbocycles. The van der Waals surface area contributed by atoms with Gasteiger partial charge in [0.15, 0.2) is 5.78 Å². The van der Waals surface area contributed by atoms with Crippen molar-refractivity contribution < 1.29 is 14.3 Å². The van der Waals surface area contributed by atoms with E-state index < -0.39 is 5.54 Å². The fraction of sp³-hybridized carbons (Fsp3) is 0.533. The van der Waals surface area contributed by atoms with E-state index in [2.05, 4.69) is 0 Å². The maximum absolute atomic E-state index is 12.4. The lowest BCUT2D eigenvalue weighted by molar-refractivity contribution is -0.124. The molecule has 1 saturated heterocycles. The van der Waals surface area contributed by atoms with Gasteiger partial charge in [-0.25, -0.2) is 0 Å².